The standard InChI is InChI=1S/C20H34N6O5S/c1-10(2)5-14(20(30)31)24-18(28)15(8-32)25-19(29)16(11(3)4)26-17(27)13(21)6-12-7-22-9-23-12/h7,9-11,13-16,32H,5-6,8,21H2,1-4H3,(H,22,23)(H,24,28)(H,25,29)(H,26,27)(H,30,31). The predicted molar refractivity (Wildman–Crippen MR) is 122 cm³/mol. The van der Waals surface area contributed by atoms with Gasteiger partial charge >= 0.3 is 5.97 Å². The lowest BCUT2D eigenvalue weighted by molar-refractivity contribution is -0.142. The molecule has 0 fully saturated rings. The molecule has 4 atom stereocenters. The van der Waals surface area contributed by atoms with Crippen LogP contribution in [-0.4, -0.2) is 68.7 Å². The molecule has 1 heterocycles. The molecule has 12 heteroatoms. The maximum Gasteiger partial charge on any atom is 0.326 e. The lowest BCUT2D eigenvalue weighted by Gasteiger charge is -2.26. The molecule has 11 nitrogen and oxygen atoms in total. The molecule has 0 saturated carbocycles. The first-order valence-electron chi connectivity index (χ1n) is 10.4. The van der Waals surface area contributed by atoms with Gasteiger partial charge in [0, 0.05) is 24.1 Å². The summed E-state index contributed by atoms with van der Waals surface area (Å²) in [6, 6.07) is -4.00. The number of imidazole rings is 1. The van der Waals surface area contributed by atoms with Gasteiger partial charge in [0.05, 0.1) is 12.4 Å². The van der Waals surface area contributed by atoms with E-state index in [1.54, 1.807) is 20.0 Å². The van der Waals surface area contributed by atoms with Crippen LogP contribution in [0.5, 0.6) is 0 Å². The van der Waals surface area contributed by atoms with E-state index < -0.39 is 47.9 Å². The van der Waals surface area contributed by atoms with E-state index in [4.69, 9.17) is 5.73 Å². The molecule has 7 N–H and O–H groups in total. The van der Waals surface area contributed by atoms with Crippen LogP contribution in [0.25, 0.3) is 0 Å². The second-order valence-electron chi connectivity index (χ2n) is 8.39. The van der Waals surface area contributed by atoms with Crippen LogP contribution in [0.15, 0.2) is 12.5 Å². The molecule has 1 aromatic heterocycles. The van der Waals surface area contributed by atoms with E-state index in [1.807, 2.05) is 13.8 Å². The number of thiol groups is 1. The number of aliphatic carboxylic acids is 1. The van der Waals surface area contributed by atoms with Gasteiger partial charge in [-0.3, -0.25) is 14.4 Å². The highest BCUT2D eigenvalue weighted by Gasteiger charge is 2.31. The van der Waals surface area contributed by atoms with Crippen molar-refractivity contribution in [1.82, 2.24) is 25.9 Å². The summed E-state index contributed by atoms with van der Waals surface area (Å²) < 4.78 is 0. The molecule has 0 radical (unpaired) electrons. The Bertz CT molecular complexity index is 771. The molecule has 0 spiro atoms. The number of rotatable bonds is 13. The van der Waals surface area contributed by atoms with Gasteiger partial charge in [0.2, 0.25) is 17.7 Å². The summed E-state index contributed by atoms with van der Waals surface area (Å²) in [4.78, 5) is 56.0. The fourth-order valence-electron chi connectivity index (χ4n) is 2.94. The molecule has 0 bridgehead atoms. The molecular formula is C20H34N6O5S. The molecule has 3 amide bonds. The van der Waals surface area contributed by atoms with Crippen LogP contribution in [-0.2, 0) is 25.6 Å². The molecule has 0 aliphatic carbocycles. The summed E-state index contributed by atoms with van der Waals surface area (Å²) in [5.74, 6) is -3.23. The molecular weight excluding hydrogens is 436 g/mol. The van der Waals surface area contributed by atoms with Gasteiger partial charge in [0.1, 0.15) is 18.1 Å². The van der Waals surface area contributed by atoms with Crippen LogP contribution in [0.2, 0.25) is 0 Å². The van der Waals surface area contributed by atoms with Crippen LogP contribution in [0.4, 0.5) is 0 Å². The zero-order chi connectivity index (χ0) is 24.4. The molecule has 4 unspecified atom stereocenters. The lowest BCUT2D eigenvalue weighted by Crippen LogP contribution is -2.59. The summed E-state index contributed by atoms with van der Waals surface area (Å²) in [5, 5.41) is 16.9. The second-order valence-corrected chi connectivity index (χ2v) is 8.76. The van der Waals surface area contributed by atoms with Crippen LogP contribution in [0.1, 0.15) is 39.8 Å². The maximum atomic E-state index is 12.8. The molecule has 0 aliphatic rings. The third-order valence-corrected chi connectivity index (χ3v) is 5.08. The average molecular weight is 471 g/mol. The van der Waals surface area contributed by atoms with Crippen LogP contribution in [0.3, 0.4) is 0 Å². The maximum absolute atomic E-state index is 12.8. The summed E-state index contributed by atoms with van der Waals surface area (Å²) in [7, 11) is 0. The summed E-state index contributed by atoms with van der Waals surface area (Å²) in [5.41, 5.74) is 6.61. The van der Waals surface area contributed by atoms with E-state index >= 15 is 0 Å². The van der Waals surface area contributed by atoms with Crippen LogP contribution < -0.4 is 21.7 Å². The first-order chi connectivity index (χ1) is 15.0. The van der Waals surface area contributed by atoms with Gasteiger partial charge in [-0.05, 0) is 18.3 Å². The van der Waals surface area contributed by atoms with E-state index in [1.165, 1.54) is 6.33 Å². The van der Waals surface area contributed by atoms with Gasteiger partial charge in [0.25, 0.3) is 0 Å². The number of carbonyl (C=O) groups excluding carboxylic acids is 3. The van der Waals surface area contributed by atoms with Gasteiger partial charge in [-0.15, -0.1) is 0 Å². The third kappa shape index (κ3) is 8.87. The number of nitrogens with one attached hydrogen (secondary N) is 4. The lowest BCUT2D eigenvalue weighted by atomic mass is 10.0. The quantitative estimate of drug-likeness (QED) is 0.189. The zero-order valence-corrected chi connectivity index (χ0v) is 19.7. The smallest absolute Gasteiger partial charge is 0.326 e. The van der Waals surface area contributed by atoms with Crippen LogP contribution in [0, 0.1) is 11.8 Å². The number of hydrogen-bond donors (Lipinski definition) is 7. The van der Waals surface area contributed by atoms with Crippen molar-refractivity contribution in [3.63, 3.8) is 0 Å². The highest BCUT2D eigenvalue weighted by atomic mass is 32.1. The molecule has 0 saturated heterocycles. The zero-order valence-electron chi connectivity index (χ0n) is 18.8. The van der Waals surface area contributed by atoms with Gasteiger partial charge in [-0.1, -0.05) is 27.7 Å². The first-order valence-corrected chi connectivity index (χ1v) is 11.1. The van der Waals surface area contributed by atoms with E-state index in [-0.39, 0.29) is 30.4 Å². The van der Waals surface area contributed by atoms with Crippen molar-refractivity contribution in [2.45, 2.75) is 64.7 Å². The van der Waals surface area contributed by atoms with Crippen molar-refractivity contribution < 1.29 is 24.3 Å². The predicted octanol–water partition coefficient (Wildman–Crippen LogP) is -0.550. The van der Waals surface area contributed by atoms with Gasteiger partial charge in [0.15, 0.2) is 0 Å². The Kier molecular flexibility index (Phi) is 11.2. The number of H-pyrrole nitrogens is 1. The van der Waals surface area contributed by atoms with Gasteiger partial charge < -0.3 is 31.8 Å². The Hall–Kier alpha value is -2.60. The van der Waals surface area contributed by atoms with Crippen LogP contribution >= 0.6 is 12.6 Å². The number of aromatic nitrogens is 2. The topological polar surface area (TPSA) is 179 Å². The number of carboxylic acid groups (broad SMARTS) is 1. The average Bonchev–Trinajstić information content (AvgIpc) is 3.21. The van der Waals surface area contributed by atoms with Gasteiger partial charge in [-0.25, -0.2) is 9.78 Å². The van der Waals surface area contributed by atoms with Crippen molar-refractivity contribution in [3.05, 3.63) is 18.2 Å². The first kappa shape index (κ1) is 27.4. The number of amides is 3. The Labute approximate surface area is 193 Å². The molecule has 180 valence electrons. The molecule has 0 aromatic carbocycles. The summed E-state index contributed by atoms with van der Waals surface area (Å²) >= 11 is 4.11. The Morgan fingerprint density at radius 1 is 1.06 bits per heavy atom. The number of nitrogens with two attached hydrogens (primary N) is 1. The number of carbonyl (C=O) groups is 4. The highest BCUT2D eigenvalue weighted by molar-refractivity contribution is 7.80. The molecule has 32 heavy (non-hydrogen) atoms. The summed E-state index contributed by atoms with van der Waals surface area (Å²) in [6.07, 6.45) is 3.49. The fourth-order valence-corrected chi connectivity index (χ4v) is 3.20. The fraction of sp³-hybridized carbons (Fsp3) is 0.650. The summed E-state index contributed by atoms with van der Waals surface area (Å²) in [6.45, 7) is 7.16. The van der Waals surface area contributed by atoms with Crippen molar-refractivity contribution >= 4 is 36.3 Å². The minimum atomic E-state index is -1.16. The number of nitrogens with zero attached hydrogens (tertiary/aromatic N) is 1. The van der Waals surface area contributed by atoms with E-state index in [9.17, 15) is 24.3 Å². The number of carboxylic acids is 1. The SMILES string of the molecule is CC(C)CC(NC(=O)C(CS)NC(=O)C(NC(=O)C(N)Cc1cnc[nH]1)C(C)C)C(=O)O. The normalized spacial score (nSPS) is 15.0. The molecule has 1 rings (SSSR count). The molecule has 0 aliphatic heterocycles. The number of aromatic amines is 1. The highest BCUT2D eigenvalue weighted by Crippen LogP contribution is 2.07. The minimum absolute atomic E-state index is 0.0481. The monoisotopic (exact) mass is 470 g/mol. The Balaban J connectivity index is 2.78. The largest absolute Gasteiger partial charge is 0.480 e. The van der Waals surface area contributed by atoms with Crippen molar-refractivity contribution in [2.24, 2.45) is 17.6 Å². The molecule has 1 aromatic rings. The Morgan fingerprint density at radius 2 is 1.69 bits per heavy atom. The van der Waals surface area contributed by atoms with E-state index in [0.29, 0.717) is 5.69 Å². The second kappa shape index (κ2) is 13.1. The van der Waals surface area contributed by atoms with Crippen molar-refractivity contribution in [1.29, 1.82) is 0 Å². The van der Waals surface area contributed by atoms with Crippen molar-refractivity contribution in [2.75, 3.05) is 5.75 Å². The van der Waals surface area contributed by atoms with E-state index in [2.05, 4.69) is 38.5 Å². The Morgan fingerprint density at radius 3 is 2.16 bits per heavy atom. The van der Waals surface area contributed by atoms with Crippen molar-refractivity contribution in [3.8, 4) is 0 Å². The number of hydrogen-bond acceptors (Lipinski definition) is 7. The minimum Gasteiger partial charge on any atom is -0.480 e. The van der Waals surface area contributed by atoms with E-state index in [0.717, 1.165) is 0 Å². The third-order valence-electron chi connectivity index (χ3n) is 4.72. The van der Waals surface area contributed by atoms with Gasteiger partial charge in [-0.2, -0.15) is 12.6 Å².